The fraction of sp³-hybridized carbons (Fsp3) is 0.533. The molecule has 1 aliphatic carbocycles. The summed E-state index contributed by atoms with van der Waals surface area (Å²) in [6.07, 6.45) is 4.00. The highest BCUT2D eigenvalue weighted by Crippen LogP contribution is 2.26. The van der Waals surface area contributed by atoms with Gasteiger partial charge in [-0.3, -0.25) is 0 Å². The quantitative estimate of drug-likeness (QED) is 0.895. The van der Waals surface area contributed by atoms with Crippen LogP contribution in [0.1, 0.15) is 48.5 Å². The summed E-state index contributed by atoms with van der Waals surface area (Å²) in [4.78, 5) is 11.2. The minimum atomic E-state index is -3.69. The normalized spacial score (nSPS) is 23.0. The molecule has 1 aromatic rings. The van der Waals surface area contributed by atoms with E-state index < -0.39 is 16.0 Å². The second-order valence-corrected chi connectivity index (χ2v) is 7.41. The van der Waals surface area contributed by atoms with Crippen LogP contribution in [-0.4, -0.2) is 25.5 Å². The number of sulfonamides is 1. The van der Waals surface area contributed by atoms with Gasteiger partial charge in [0.25, 0.3) is 0 Å². The number of aromatic carboxylic acids is 1. The molecule has 1 aliphatic rings. The zero-order valence-electron chi connectivity index (χ0n) is 12.3. The molecular formula is C15H21NO4S. The zero-order chi connectivity index (χ0) is 15.6. The maximum Gasteiger partial charge on any atom is 0.335 e. The summed E-state index contributed by atoms with van der Waals surface area (Å²) in [6.45, 7) is 3.58. The number of rotatable bonds is 4. The smallest absolute Gasteiger partial charge is 0.335 e. The zero-order valence-corrected chi connectivity index (χ0v) is 13.1. The molecule has 116 valence electrons. The SMILES string of the molecule is Cc1c(C(=O)O)cccc1S(=O)(=O)NC1CCCCC1C. The Morgan fingerprint density at radius 1 is 1.29 bits per heavy atom. The third kappa shape index (κ3) is 3.44. The molecule has 2 unspecified atom stereocenters. The third-order valence-electron chi connectivity index (χ3n) is 4.22. The predicted molar refractivity (Wildman–Crippen MR) is 79.9 cm³/mol. The molecule has 1 saturated carbocycles. The van der Waals surface area contributed by atoms with Gasteiger partial charge in [-0.25, -0.2) is 17.9 Å². The summed E-state index contributed by atoms with van der Waals surface area (Å²) in [5.74, 6) is -0.813. The van der Waals surface area contributed by atoms with Crippen molar-refractivity contribution in [3.63, 3.8) is 0 Å². The number of carboxylic acids is 1. The first kappa shape index (κ1) is 16.0. The third-order valence-corrected chi connectivity index (χ3v) is 5.86. The molecule has 0 radical (unpaired) electrons. The number of hydrogen-bond donors (Lipinski definition) is 2. The van der Waals surface area contributed by atoms with Gasteiger partial charge in [0.2, 0.25) is 10.0 Å². The van der Waals surface area contributed by atoms with Crippen molar-refractivity contribution in [2.24, 2.45) is 5.92 Å². The summed E-state index contributed by atoms with van der Waals surface area (Å²) in [7, 11) is -3.69. The van der Waals surface area contributed by atoms with E-state index in [1.165, 1.54) is 25.1 Å². The molecule has 0 saturated heterocycles. The Morgan fingerprint density at radius 3 is 2.57 bits per heavy atom. The van der Waals surface area contributed by atoms with Gasteiger partial charge in [0.05, 0.1) is 10.5 Å². The van der Waals surface area contributed by atoms with Gasteiger partial charge in [-0.15, -0.1) is 0 Å². The van der Waals surface area contributed by atoms with E-state index in [1.54, 1.807) is 0 Å². The molecule has 0 aliphatic heterocycles. The van der Waals surface area contributed by atoms with E-state index in [0.29, 0.717) is 5.92 Å². The minimum Gasteiger partial charge on any atom is -0.478 e. The molecule has 1 aromatic carbocycles. The lowest BCUT2D eigenvalue weighted by Crippen LogP contribution is -2.41. The summed E-state index contributed by atoms with van der Waals surface area (Å²) < 4.78 is 27.8. The largest absolute Gasteiger partial charge is 0.478 e. The predicted octanol–water partition coefficient (Wildman–Crippen LogP) is 2.55. The first-order valence-corrected chi connectivity index (χ1v) is 8.66. The highest BCUT2D eigenvalue weighted by molar-refractivity contribution is 7.89. The molecule has 2 N–H and O–H groups in total. The molecule has 6 heteroatoms. The lowest BCUT2D eigenvalue weighted by atomic mass is 9.87. The topological polar surface area (TPSA) is 83.5 Å². The maximum absolute atomic E-state index is 12.5. The van der Waals surface area contributed by atoms with Crippen LogP contribution >= 0.6 is 0 Å². The van der Waals surface area contributed by atoms with Crippen molar-refractivity contribution in [1.82, 2.24) is 4.72 Å². The molecule has 5 nitrogen and oxygen atoms in total. The lowest BCUT2D eigenvalue weighted by Gasteiger charge is -2.29. The highest BCUT2D eigenvalue weighted by atomic mass is 32.2. The van der Waals surface area contributed by atoms with Crippen molar-refractivity contribution in [3.8, 4) is 0 Å². The lowest BCUT2D eigenvalue weighted by molar-refractivity contribution is 0.0696. The molecule has 2 rings (SSSR count). The van der Waals surface area contributed by atoms with Gasteiger partial charge in [-0.1, -0.05) is 25.8 Å². The molecule has 0 aromatic heterocycles. The van der Waals surface area contributed by atoms with Crippen molar-refractivity contribution >= 4 is 16.0 Å². The Labute approximate surface area is 125 Å². The van der Waals surface area contributed by atoms with Crippen molar-refractivity contribution in [2.45, 2.75) is 50.5 Å². The number of carbonyl (C=O) groups is 1. The van der Waals surface area contributed by atoms with Crippen LogP contribution in [0.25, 0.3) is 0 Å². The number of hydrogen-bond acceptors (Lipinski definition) is 3. The van der Waals surface area contributed by atoms with Crippen molar-refractivity contribution < 1.29 is 18.3 Å². The van der Waals surface area contributed by atoms with Crippen LogP contribution in [0.15, 0.2) is 23.1 Å². The van der Waals surface area contributed by atoms with E-state index in [-0.39, 0.29) is 22.1 Å². The van der Waals surface area contributed by atoms with Crippen LogP contribution in [0, 0.1) is 12.8 Å². The number of nitrogens with one attached hydrogen (secondary N) is 1. The van der Waals surface area contributed by atoms with Crippen LogP contribution in [0.3, 0.4) is 0 Å². The fourth-order valence-electron chi connectivity index (χ4n) is 2.89. The van der Waals surface area contributed by atoms with Gasteiger partial charge < -0.3 is 5.11 Å². The Hall–Kier alpha value is -1.40. The molecule has 2 atom stereocenters. The second-order valence-electron chi connectivity index (χ2n) is 5.72. The van der Waals surface area contributed by atoms with E-state index in [4.69, 9.17) is 5.11 Å². The number of carboxylic acid groups (broad SMARTS) is 1. The van der Waals surface area contributed by atoms with Gasteiger partial charge >= 0.3 is 5.97 Å². The van der Waals surface area contributed by atoms with Crippen molar-refractivity contribution in [1.29, 1.82) is 0 Å². The molecule has 0 bridgehead atoms. The Bertz CT molecular complexity index is 639. The summed E-state index contributed by atoms with van der Waals surface area (Å²) in [5, 5.41) is 9.10. The first-order chi connectivity index (χ1) is 9.83. The van der Waals surface area contributed by atoms with Crippen molar-refractivity contribution in [2.75, 3.05) is 0 Å². The van der Waals surface area contributed by atoms with Crippen LogP contribution in [0.4, 0.5) is 0 Å². The molecule has 0 amide bonds. The van der Waals surface area contributed by atoms with E-state index in [0.717, 1.165) is 25.7 Å². The second kappa shape index (κ2) is 6.15. The van der Waals surface area contributed by atoms with Crippen molar-refractivity contribution in [3.05, 3.63) is 29.3 Å². The van der Waals surface area contributed by atoms with Gasteiger partial charge in [-0.05, 0) is 43.4 Å². The standard InChI is InChI=1S/C15H21NO4S/c1-10-6-3-4-8-13(10)16-21(19,20)14-9-5-7-12(11(14)2)15(17)18/h5,7,9-10,13,16H,3-4,6,8H2,1-2H3,(H,17,18). The van der Waals surface area contributed by atoms with Gasteiger partial charge in [0, 0.05) is 6.04 Å². The Morgan fingerprint density at radius 2 is 1.95 bits per heavy atom. The van der Waals surface area contributed by atoms with E-state index in [2.05, 4.69) is 4.72 Å². The average Bonchev–Trinajstić information content (AvgIpc) is 2.41. The first-order valence-electron chi connectivity index (χ1n) is 7.18. The summed E-state index contributed by atoms with van der Waals surface area (Å²) in [6, 6.07) is 4.27. The fourth-order valence-corrected chi connectivity index (χ4v) is 4.54. The van der Waals surface area contributed by atoms with E-state index in [9.17, 15) is 13.2 Å². The Kier molecular flexibility index (Phi) is 4.68. The molecule has 0 spiro atoms. The van der Waals surface area contributed by atoms with Gasteiger partial charge in [0.1, 0.15) is 0 Å². The van der Waals surface area contributed by atoms with Crippen LogP contribution in [0.2, 0.25) is 0 Å². The Balaban J connectivity index is 2.31. The molecule has 21 heavy (non-hydrogen) atoms. The van der Waals surface area contributed by atoms with E-state index in [1.807, 2.05) is 6.92 Å². The van der Waals surface area contributed by atoms with Gasteiger partial charge in [0.15, 0.2) is 0 Å². The minimum absolute atomic E-state index is 0.0227. The molecule has 0 heterocycles. The monoisotopic (exact) mass is 311 g/mol. The van der Waals surface area contributed by atoms with Gasteiger partial charge in [-0.2, -0.15) is 0 Å². The number of benzene rings is 1. The summed E-state index contributed by atoms with van der Waals surface area (Å²) in [5.41, 5.74) is 0.301. The maximum atomic E-state index is 12.5. The van der Waals surface area contributed by atoms with Crippen LogP contribution < -0.4 is 4.72 Å². The highest BCUT2D eigenvalue weighted by Gasteiger charge is 2.28. The van der Waals surface area contributed by atoms with E-state index >= 15 is 0 Å². The molecular weight excluding hydrogens is 290 g/mol. The van der Waals surface area contributed by atoms with Crippen LogP contribution in [0.5, 0.6) is 0 Å². The molecule has 1 fully saturated rings. The summed E-state index contributed by atoms with van der Waals surface area (Å²) >= 11 is 0. The van der Waals surface area contributed by atoms with Crippen LogP contribution in [-0.2, 0) is 10.0 Å². The average molecular weight is 311 g/mol.